The number of ether oxygens (including phenoxy) is 1. The molecule has 3 rings (SSSR count). The van der Waals surface area contributed by atoms with Crippen LogP contribution in [-0.4, -0.2) is 17.7 Å². The van der Waals surface area contributed by atoms with Gasteiger partial charge in [-0.3, -0.25) is 4.79 Å². The molecule has 4 heteroatoms. The number of hydrogen-bond acceptors (Lipinski definition) is 2. The van der Waals surface area contributed by atoms with Gasteiger partial charge in [-0.05, 0) is 49.3 Å². The number of halogens is 1. The van der Waals surface area contributed by atoms with Crippen molar-refractivity contribution in [3.8, 4) is 5.75 Å². The van der Waals surface area contributed by atoms with Crippen LogP contribution in [0.2, 0.25) is 0 Å². The van der Waals surface area contributed by atoms with Gasteiger partial charge in [-0.1, -0.05) is 25.3 Å². The normalized spacial score (nSPS) is 21.0. The third-order valence-electron chi connectivity index (χ3n) is 4.77. The van der Waals surface area contributed by atoms with Crippen molar-refractivity contribution in [3.05, 3.63) is 29.6 Å². The molecule has 0 amide bonds. The van der Waals surface area contributed by atoms with Crippen LogP contribution in [0, 0.1) is 11.7 Å². The summed E-state index contributed by atoms with van der Waals surface area (Å²) in [6, 6.07) is 4.68. The Morgan fingerprint density at radius 3 is 2.57 bits per heavy atom. The smallest absolute Gasteiger partial charge is 0.314 e. The first-order chi connectivity index (χ1) is 10.1. The minimum Gasteiger partial charge on any atom is -0.490 e. The summed E-state index contributed by atoms with van der Waals surface area (Å²) in [6.45, 7) is 0.556. The highest BCUT2D eigenvalue weighted by Gasteiger charge is 2.41. The van der Waals surface area contributed by atoms with Crippen LogP contribution in [0.25, 0.3) is 0 Å². The molecule has 0 aromatic heterocycles. The van der Waals surface area contributed by atoms with Crippen molar-refractivity contribution >= 4 is 5.97 Å². The van der Waals surface area contributed by atoms with Crippen molar-refractivity contribution in [1.82, 2.24) is 0 Å². The maximum Gasteiger partial charge on any atom is 0.314 e. The van der Waals surface area contributed by atoms with Gasteiger partial charge in [0.25, 0.3) is 0 Å². The fourth-order valence-electron chi connectivity index (χ4n) is 3.19. The second-order valence-electron chi connectivity index (χ2n) is 6.35. The van der Waals surface area contributed by atoms with E-state index < -0.39 is 17.2 Å². The van der Waals surface area contributed by atoms with E-state index >= 15 is 0 Å². The molecule has 0 atom stereocenters. The van der Waals surface area contributed by atoms with E-state index in [4.69, 9.17) is 4.74 Å². The van der Waals surface area contributed by atoms with Gasteiger partial charge in [-0.25, -0.2) is 4.39 Å². The summed E-state index contributed by atoms with van der Waals surface area (Å²) in [5.41, 5.74) is -0.348. The lowest BCUT2D eigenvalue weighted by molar-refractivity contribution is -0.145. The number of carboxylic acid groups (broad SMARTS) is 1. The predicted molar refractivity (Wildman–Crippen MR) is 77.0 cm³/mol. The molecule has 2 saturated carbocycles. The fraction of sp³-hybridized carbons (Fsp3) is 0.588. The quantitative estimate of drug-likeness (QED) is 0.895. The van der Waals surface area contributed by atoms with E-state index in [1.165, 1.54) is 6.07 Å². The van der Waals surface area contributed by atoms with Crippen molar-refractivity contribution in [1.29, 1.82) is 0 Å². The Hall–Kier alpha value is -1.58. The highest BCUT2D eigenvalue weighted by atomic mass is 19.1. The number of hydrogen-bond donors (Lipinski definition) is 1. The monoisotopic (exact) mass is 292 g/mol. The van der Waals surface area contributed by atoms with Crippen LogP contribution in [0.4, 0.5) is 4.39 Å². The molecule has 2 fully saturated rings. The molecule has 0 spiro atoms. The first-order valence-corrected chi connectivity index (χ1v) is 7.78. The van der Waals surface area contributed by atoms with Crippen LogP contribution in [0.3, 0.4) is 0 Å². The maximum atomic E-state index is 14.2. The van der Waals surface area contributed by atoms with Crippen LogP contribution >= 0.6 is 0 Å². The van der Waals surface area contributed by atoms with Crippen molar-refractivity contribution in [3.63, 3.8) is 0 Å². The zero-order chi connectivity index (χ0) is 14.9. The van der Waals surface area contributed by atoms with E-state index in [9.17, 15) is 14.3 Å². The molecule has 2 aliphatic rings. The first-order valence-electron chi connectivity index (χ1n) is 7.78. The molecule has 1 N–H and O–H groups in total. The Balaban J connectivity index is 1.83. The van der Waals surface area contributed by atoms with E-state index in [1.807, 2.05) is 0 Å². The number of carbonyl (C=O) groups is 1. The van der Waals surface area contributed by atoms with Gasteiger partial charge in [0.15, 0.2) is 11.6 Å². The highest BCUT2D eigenvalue weighted by molar-refractivity contribution is 5.81. The first kappa shape index (κ1) is 14.4. The van der Waals surface area contributed by atoms with E-state index in [-0.39, 0.29) is 5.75 Å². The molecule has 3 nitrogen and oxygen atoms in total. The third kappa shape index (κ3) is 2.89. The molecule has 0 aliphatic heterocycles. The Morgan fingerprint density at radius 1 is 1.29 bits per heavy atom. The molecule has 1 aromatic rings. The van der Waals surface area contributed by atoms with Gasteiger partial charge in [-0.15, -0.1) is 0 Å². The van der Waals surface area contributed by atoms with E-state index in [0.717, 1.165) is 32.1 Å². The summed E-state index contributed by atoms with van der Waals surface area (Å²) >= 11 is 0. The molecule has 0 unspecified atom stereocenters. The molecular formula is C17H21FO3. The van der Waals surface area contributed by atoms with Gasteiger partial charge < -0.3 is 9.84 Å². The Bertz CT molecular complexity index is 531. The van der Waals surface area contributed by atoms with Crippen LogP contribution in [-0.2, 0) is 10.2 Å². The van der Waals surface area contributed by atoms with Crippen molar-refractivity contribution in [2.45, 2.75) is 50.4 Å². The van der Waals surface area contributed by atoms with Gasteiger partial charge in [0, 0.05) is 0 Å². The van der Waals surface area contributed by atoms with Crippen molar-refractivity contribution in [2.75, 3.05) is 6.61 Å². The van der Waals surface area contributed by atoms with E-state index in [0.29, 0.717) is 30.9 Å². The van der Waals surface area contributed by atoms with Gasteiger partial charge in [0.1, 0.15) is 0 Å². The zero-order valence-corrected chi connectivity index (χ0v) is 12.1. The molecular weight excluding hydrogens is 271 g/mol. The second kappa shape index (κ2) is 5.66. The molecule has 114 valence electrons. The number of carboxylic acids is 1. The van der Waals surface area contributed by atoms with Crippen LogP contribution in [0.1, 0.15) is 50.5 Å². The fourth-order valence-corrected chi connectivity index (χ4v) is 3.19. The zero-order valence-electron chi connectivity index (χ0n) is 12.1. The molecule has 0 heterocycles. The summed E-state index contributed by atoms with van der Waals surface area (Å²) < 4.78 is 19.7. The number of benzene rings is 1. The summed E-state index contributed by atoms with van der Waals surface area (Å²) in [7, 11) is 0. The average molecular weight is 292 g/mol. The SMILES string of the molecule is O=C(O)C1(c2ccc(OCC3CC3)c(F)c2)CCCCC1. The summed E-state index contributed by atoms with van der Waals surface area (Å²) in [6.07, 6.45) is 6.31. The van der Waals surface area contributed by atoms with E-state index in [1.54, 1.807) is 12.1 Å². The molecule has 0 saturated heterocycles. The van der Waals surface area contributed by atoms with Crippen molar-refractivity contribution < 1.29 is 19.0 Å². The average Bonchev–Trinajstić information content (AvgIpc) is 3.30. The van der Waals surface area contributed by atoms with Crippen molar-refractivity contribution in [2.24, 2.45) is 5.92 Å². The third-order valence-corrected chi connectivity index (χ3v) is 4.77. The molecule has 2 aliphatic carbocycles. The van der Waals surface area contributed by atoms with Gasteiger partial charge in [-0.2, -0.15) is 0 Å². The molecule has 1 aromatic carbocycles. The van der Waals surface area contributed by atoms with Crippen LogP contribution in [0.5, 0.6) is 5.75 Å². The summed E-state index contributed by atoms with van der Waals surface area (Å²) in [4.78, 5) is 11.7. The standard InChI is InChI=1S/C17H21FO3/c18-14-10-13(6-7-15(14)21-11-12-4-5-12)17(16(19)20)8-2-1-3-9-17/h6-7,10,12H,1-5,8-9,11H2,(H,19,20). The van der Waals surface area contributed by atoms with Gasteiger partial charge >= 0.3 is 5.97 Å². The molecule has 0 radical (unpaired) electrons. The topological polar surface area (TPSA) is 46.5 Å². The van der Waals surface area contributed by atoms with Gasteiger partial charge in [0.05, 0.1) is 12.0 Å². The highest BCUT2D eigenvalue weighted by Crippen LogP contribution is 2.41. The maximum absolute atomic E-state index is 14.2. The lowest BCUT2D eigenvalue weighted by Gasteiger charge is -2.33. The second-order valence-corrected chi connectivity index (χ2v) is 6.35. The summed E-state index contributed by atoms with van der Waals surface area (Å²) in [5.74, 6) is -0.484. The Morgan fingerprint density at radius 2 is 2.00 bits per heavy atom. The lowest BCUT2D eigenvalue weighted by atomic mass is 9.69. The lowest BCUT2D eigenvalue weighted by Crippen LogP contribution is -2.37. The largest absolute Gasteiger partial charge is 0.490 e. The molecule has 0 bridgehead atoms. The van der Waals surface area contributed by atoms with E-state index in [2.05, 4.69) is 0 Å². The van der Waals surface area contributed by atoms with Crippen LogP contribution in [0.15, 0.2) is 18.2 Å². The number of rotatable bonds is 5. The number of aliphatic carboxylic acids is 1. The molecule has 21 heavy (non-hydrogen) atoms. The van der Waals surface area contributed by atoms with Crippen LogP contribution < -0.4 is 4.74 Å². The minimum atomic E-state index is -0.923. The Labute approximate surface area is 124 Å². The Kier molecular flexibility index (Phi) is 3.87. The minimum absolute atomic E-state index is 0.238. The summed E-state index contributed by atoms with van der Waals surface area (Å²) in [5, 5.41) is 9.63. The predicted octanol–water partition coefficient (Wildman–Crippen LogP) is 3.90. The van der Waals surface area contributed by atoms with Gasteiger partial charge in [0.2, 0.25) is 0 Å².